The van der Waals surface area contributed by atoms with Crippen LogP contribution >= 0.6 is 0 Å². The second-order valence-electron chi connectivity index (χ2n) is 10.3. The first-order valence-corrected chi connectivity index (χ1v) is 14.6. The average molecular weight is 458 g/mol. The van der Waals surface area contributed by atoms with Crippen LogP contribution in [0.25, 0.3) is 0 Å². The highest BCUT2D eigenvalue weighted by Gasteiger charge is 2.07. The van der Waals surface area contributed by atoms with Gasteiger partial charge in [-0.25, -0.2) is 0 Å². The molecule has 0 fully saturated rings. The van der Waals surface area contributed by atoms with Crippen molar-refractivity contribution in [2.45, 2.75) is 155 Å². The third kappa shape index (κ3) is 19.8. The van der Waals surface area contributed by atoms with Gasteiger partial charge >= 0.3 is 0 Å². The number of amides is 1. The van der Waals surface area contributed by atoms with Crippen LogP contribution < -0.4 is 5.32 Å². The number of carbonyl (C=O) groups is 1. The zero-order valence-corrected chi connectivity index (χ0v) is 22.2. The molecule has 0 spiro atoms. The molecule has 2 nitrogen and oxygen atoms in total. The second kappa shape index (κ2) is 22.5. The van der Waals surface area contributed by atoms with E-state index in [0.29, 0.717) is 6.42 Å². The van der Waals surface area contributed by atoms with Crippen molar-refractivity contribution in [3.05, 3.63) is 35.9 Å². The van der Waals surface area contributed by atoms with Gasteiger partial charge in [-0.1, -0.05) is 153 Å². The molecular weight excluding hydrogens is 402 g/mol. The normalized spacial score (nSPS) is 12.1. The quantitative estimate of drug-likeness (QED) is 0.163. The van der Waals surface area contributed by atoms with Crippen molar-refractivity contribution in [2.24, 2.45) is 0 Å². The molecule has 0 radical (unpaired) electrons. The van der Waals surface area contributed by atoms with Crippen LogP contribution in [0.5, 0.6) is 0 Å². The molecule has 1 rings (SSSR count). The van der Waals surface area contributed by atoms with Crippen LogP contribution in [0.2, 0.25) is 0 Å². The molecule has 1 amide bonds. The van der Waals surface area contributed by atoms with Gasteiger partial charge in [-0.3, -0.25) is 4.79 Å². The Morgan fingerprint density at radius 1 is 0.636 bits per heavy atom. The summed E-state index contributed by atoms with van der Waals surface area (Å²) in [6.45, 7) is 4.39. The zero-order chi connectivity index (χ0) is 23.8. The van der Waals surface area contributed by atoms with E-state index in [0.717, 1.165) is 12.8 Å². The predicted octanol–water partition coefficient (Wildman–Crippen LogP) is 9.56. The molecular formula is C31H55NO. The fourth-order valence-corrected chi connectivity index (χ4v) is 4.73. The van der Waals surface area contributed by atoms with E-state index in [9.17, 15) is 4.79 Å². The maximum Gasteiger partial charge on any atom is 0.220 e. The number of carbonyl (C=O) groups excluding carboxylic acids is 1. The molecule has 0 aliphatic carbocycles. The molecule has 0 aliphatic heterocycles. The third-order valence-electron chi connectivity index (χ3n) is 6.80. The van der Waals surface area contributed by atoms with Crippen LogP contribution in [-0.2, 0) is 11.2 Å². The lowest BCUT2D eigenvalue weighted by Crippen LogP contribution is -2.33. The molecule has 0 aromatic heterocycles. The fourth-order valence-electron chi connectivity index (χ4n) is 4.73. The topological polar surface area (TPSA) is 29.1 Å². The van der Waals surface area contributed by atoms with E-state index in [4.69, 9.17) is 0 Å². The Bertz CT molecular complexity index is 541. The molecule has 0 saturated heterocycles. The van der Waals surface area contributed by atoms with Gasteiger partial charge < -0.3 is 5.32 Å². The minimum atomic E-state index is 0.209. The number of nitrogens with one attached hydrogen (secondary N) is 1. The summed E-state index contributed by atoms with van der Waals surface area (Å²) in [6, 6.07) is 10.6. The zero-order valence-electron chi connectivity index (χ0n) is 22.2. The van der Waals surface area contributed by atoms with Crippen LogP contribution in [0.3, 0.4) is 0 Å². The first-order valence-electron chi connectivity index (χ1n) is 14.6. The molecule has 0 saturated carbocycles. The maximum atomic E-state index is 12.1. The molecule has 2 heteroatoms. The van der Waals surface area contributed by atoms with E-state index in [1.54, 1.807) is 0 Å². The van der Waals surface area contributed by atoms with Gasteiger partial charge in [-0.05, 0) is 25.3 Å². The summed E-state index contributed by atoms with van der Waals surface area (Å²) >= 11 is 0. The summed E-state index contributed by atoms with van der Waals surface area (Å²) in [7, 11) is 0. The summed E-state index contributed by atoms with van der Waals surface area (Å²) in [4.78, 5) is 12.1. The molecule has 1 N–H and O–H groups in total. The Hall–Kier alpha value is -1.31. The maximum absolute atomic E-state index is 12.1. The van der Waals surface area contributed by atoms with Gasteiger partial charge in [-0.2, -0.15) is 0 Å². The van der Waals surface area contributed by atoms with Crippen LogP contribution in [0.1, 0.15) is 148 Å². The van der Waals surface area contributed by atoms with Gasteiger partial charge in [0.25, 0.3) is 0 Å². The highest BCUT2D eigenvalue weighted by molar-refractivity contribution is 5.76. The summed E-state index contributed by atoms with van der Waals surface area (Å²) in [5.41, 5.74) is 1.29. The molecule has 0 aliphatic rings. The van der Waals surface area contributed by atoms with Crippen LogP contribution in [0.15, 0.2) is 30.3 Å². The van der Waals surface area contributed by atoms with Crippen molar-refractivity contribution in [3.8, 4) is 0 Å². The smallest absolute Gasteiger partial charge is 0.220 e. The summed E-state index contributed by atoms with van der Waals surface area (Å²) < 4.78 is 0. The van der Waals surface area contributed by atoms with Crippen LogP contribution in [-0.4, -0.2) is 11.9 Å². The molecule has 0 bridgehead atoms. The summed E-state index contributed by atoms with van der Waals surface area (Å²) in [5.74, 6) is 0.213. The molecule has 1 atom stereocenters. The number of hydrogen-bond donors (Lipinski definition) is 1. The van der Waals surface area contributed by atoms with Gasteiger partial charge in [0.1, 0.15) is 0 Å². The Labute approximate surface area is 206 Å². The van der Waals surface area contributed by atoms with Gasteiger partial charge in [0.2, 0.25) is 5.91 Å². The minimum Gasteiger partial charge on any atom is -0.353 e. The average Bonchev–Trinajstić information content (AvgIpc) is 2.81. The van der Waals surface area contributed by atoms with Gasteiger partial charge in [-0.15, -0.1) is 0 Å². The second-order valence-corrected chi connectivity index (χ2v) is 10.3. The van der Waals surface area contributed by atoms with E-state index in [-0.39, 0.29) is 11.9 Å². The van der Waals surface area contributed by atoms with Crippen molar-refractivity contribution < 1.29 is 4.79 Å². The summed E-state index contributed by atoms with van der Waals surface area (Å²) in [6.07, 6.45) is 27.9. The molecule has 1 unspecified atom stereocenters. The van der Waals surface area contributed by atoms with Crippen LogP contribution in [0, 0.1) is 0 Å². The number of unbranched alkanes of at least 4 members (excludes halogenated alkanes) is 18. The molecule has 1 aromatic rings. The summed E-state index contributed by atoms with van der Waals surface area (Å²) in [5, 5.41) is 3.15. The largest absolute Gasteiger partial charge is 0.353 e. The monoisotopic (exact) mass is 457 g/mol. The first-order chi connectivity index (χ1) is 16.2. The van der Waals surface area contributed by atoms with E-state index in [1.807, 2.05) is 6.07 Å². The highest BCUT2D eigenvalue weighted by atomic mass is 16.1. The molecule has 1 aromatic carbocycles. The van der Waals surface area contributed by atoms with Gasteiger partial charge in [0.05, 0.1) is 0 Å². The van der Waals surface area contributed by atoms with Crippen molar-refractivity contribution in [2.75, 3.05) is 0 Å². The van der Waals surface area contributed by atoms with E-state index >= 15 is 0 Å². The van der Waals surface area contributed by atoms with Crippen molar-refractivity contribution in [1.82, 2.24) is 5.32 Å². The van der Waals surface area contributed by atoms with Crippen molar-refractivity contribution >= 4 is 5.91 Å². The lowest BCUT2D eigenvalue weighted by atomic mass is 10.0. The van der Waals surface area contributed by atoms with E-state index in [1.165, 1.54) is 121 Å². The number of hydrogen-bond acceptors (Lipinski definition) is 1. The van der Waals surface area contributed by atoms with Crippen molar-refractivity contribution in [1.29, 1.82) is 0 Å². The van der Waals surface area contributed by atoms with Gasteiger partial charge in [0, 0.05) is 12.5 Å². The molecule has 0 heterocycles. The minimum absolute atomic E-state index is 0.209. The van der Waals surface area contributed by atoms with E-state index in [2.05, 4.69) is 43.4 Å². The lowest BCUT2D eigenvalue weighted by molar-refractivity contribution is -0.121. The fraction of sp³-hybridized carbons (Fsp3) is 0.774. The number of benzene rings is 1. The Kier molecular flexibility index (Phi) is 20.2. The Morgan fingerprint density at radius 3 is 1.45 bits per heavy atom. The first kappa shape index (κ1) is 29.7. The van der Waals surface area contributed by atoms with Crippen LogP contribution in [0.4, 0.5) is 0 Å². The third-order valence-corrected chi connectivity index (χ3v) is 6.80. The van der Waals surface area contributed by atoms with E-state index < -0.39 is 0 Å². The molecule has 33 heavy (non-hydrogen) atoms. The Morgan fingerprint density at radius 2 is 1.03 bits per heavy atom. The standard InChI is InChI=1S/C31H55NO/c1-3-4-5-6-7-8-9-10-11-12-13-14-15-16-17-18-19-20-24-27-31(33)32-29(2)28-30-25-22-21-23-26-30/h21-23,25-26,29H,3-20,24,27-28H2,1-2H3,(H,32,33). The molecule has 190 valence electrons. The van der Waals surface area contributed by atoms with Crippen molar-refractivity contribution in [3.63, 3.8) is 0 Å². The SMILES string of the molecule is CCCCCCCCCCCCCCCCCCCCCC(=O)NC(C)Cc1ccccc1. The number of rotatable bonds is 23. The predicted molar refractivity (Wildman–Crippen MR) is 146 cm³/mol. The highest BCUT2D eigenvalue weighted by Crippen LogP contribution is 2.15. The van der Waals surface area contributed by atoms with Gasteiger partial charge in [0.15, 0.2) is 0 Å². The lowest BCUT2D eigenvalue weighted by Gasteiger charge is -2.14. The Balaban J connectivity index is 1.77.